The van der Waals surface area contributed by atoms with Crippen molar-refractivity contribution in [1.29, 1.82) is 5.26 Å². The quantitative estimate of drug-likeness (QED) is 0.744. The molecular formula is C14H18N2O3. The summed E-state index contributed by atoms with van der Waals surface area (Å²) in [6.45, 7) is 3.72. The third-order valence-corrected chi connectivity index (χ3v) is 4.05. The molecule has 0 aromatic heterocycles. The number of allylic oxidation sites excluding steroid dienone is 2. The summed E-state index contributed by atoms with van der Waals surface area (Å²) in [6.07, 6.45) is 4.60. The molecule has 2 rings (SSSR count). The lowest BCUT2D eigenvalue weighted by Gasteiger charge is -2.25. The second-order valence-corrected chi connectivity index (χ2v) is 6.05. The Morgan fingerprint density at radius 2 is 1.95 bits per heavy atom. The monoisotopic (exact) mass is 262 g/mol. The normalized spacial score (nSPS) is 32.1. The first-order valence-electron chi connectivity index (χ1n) is 6.46. The van der Waals surface area contributed by atoms with Gasteiger partial charge in [0.15, 0.2) is 0 Å². The molecule has 2 aliphatic rings. The van der Waals surface area contributed by atoms with Gasteiger partial charge in [0, 0.05) is 6.54 Å². The Labute approximate surface area is 112 Å². The molecule has 0 heterocycles. The molecule has 102 valence electrons. The average Bonchev–Trinajstić information content (AvgIpc) is 2.95. The standard InChI is InChI=1S/C14H18N2O3/c1-14(2,6-15)7-16-12(17)10-8-3-4-9(5-8)11(10)13(18)19/h3-4,8-11H,5,7H2,1-2H3,(H,16,17)(H,18,19)/t8?,9?,10-,11+/m0/s1. The minimum atomic E-state index is -0.906. The number of nitrogens with one attached hydrogen (secondary N) is 1. The molecule has 1 fully saturated rings. The van der Waals surface area contributed by atoms with Gasteiger partial charge < -0.3 is 10.4 Å². The topological polar surface area (TPSA) is 90.2 Å². The Morgan fingerprint density at radius 1 is 1.37 bits per heavy atom. The summed E-state index contributed by atoms with van der Waals surface area (Å²) >= 11 is 0. The second-order valence-electron chi connectivity index (χ2n) is 6.05. The van der Waals surface area contributed by atoms with Gasteiger partial charge in [-0.15, -0.1) is 0 Å². The molecular weight excluding hydrogens is 244 g/mol. The minimum absolute atomic E-state index is 0.0243. The summed E-state index contributed by atoms with van der Waals surface area (Å²) in [5.74, 6) is -2.27. The summed E-state index contributed by atoms with van der Waals surface area (Å²) < 4.78 is 0. The zero-order valence-corrected chi connectivity index (χ0v) is 11.1. The van der Waals surface area contributed by atoms with Crippen LogP contribution in [0.15, 0.2) is 12.2 Å². The van der Waals surface area contributed by atoms with Gasteiger partial charge in [0.25, 0.3) is 0 Å². The van der Waals surface area contributed by atoms with Crippen LogP contribution in [0.3, 0.4) is 0 Å². The predicted octanol–water partition coefficient (Wildman–Crippen LogP) is 1.18. The van der Waals surface area contributed by atoms with E-state index in [2.05, 4.69) is 11.4 Å². The van der Waals surface area contributed by atoms with Crippen molar-refractivity contribution in [1.82, 2.24) is 5.32 Å². The molecule has 0 aromatic carbocycles. The molecule has 0 saturated heterocycles. The molecule has 19 heavy (non-hydrogen) atoms. The summed E-state index contributed by atoms with van der Waals surface area (Å²) in [5.41, 5.74) is -0.637. The van der Waals surface area contributed by atoms with Gasteiger partial charge >= 0.3 is 5.97 Å². The van der Waals surface area contributed by atoms with Crippen LogP contribution in [0.2, 0.25) is 0 Å². The molecule has 5 nitrogen and oxygen atoms in total. The van der Waals surface area contributed by atoms with Gasteiger partial charge in [-0.1, -0.05) is 12.2 Å². The zero-order chi connectivity index (χ0) is 14.2. The first-order valence-corrected chi connectivity index (χ1v) is 6.46. The number of rotatable bonds is 4. The maximum Gasteiger partial charge on any atom is 0.307 e. The van der Waals surface area contributed by atoms with Crippen molar-refractivity contribution in [3.8, 4) is 6.07 Å². The van der Waals surface area contributed by atoms with E-state index >= 15 is 0 Å². The van der Waals surface area contributed by atoms with E-state index in [0.717, 1.165) is 6.42 Å². The number of aliphatic carboxylic acids is 1. The summed E-state index contributed by atoms with van der Waals surface area (Å²) in [7, 11) is 0. The van der Waals surface area contributed by atoms with E-state index in [9.17, 15) is 14.7 Å². The number of hydrogen-bond acceptors (Lipinski definition) is 3. The highest BCUT2D eigenvalue weighted by Crippen LogP contribution is 2.48. The van der Waals surface area contributed by atoms with Gasteiger partial charge in [0.05, 0.1) is 23.3 Å². The third-order valence-electron chi connectivity index (χ3n) is 4.05. The Kier molecular flexibility index (Phi) is 3.36. The highest BCUT2D eigenvalue weighted by molar-refractivity contribution is 5.86. The fourth-order valence-electron chi connectivity index (χ4n) is 2.98. The van der Waals surface area contributed by atoms with Crippen molar-refractivity contribution in [2.24, 2.45) is 29.1 Å². The van der Waals surface area contributed by atoms with E-state index < -0.39 is 23.2 Å². The first-order chi connectivity index (χ1) is 8.85. The van der Waals surface area contributed by atoms with E-state index in [1.807, 2.05) is 12.2 Å². The first kappa shape index (κ1) is 13.6. The number of carbonyl (C=O) groups is 2. The average molecular weight is 262 g/mol. The van der Waals surface area contributed by atoms with Crippen LogP contribution in [0.4, 0.5) is 0 Å². The number of carboxylic acid groups (broad SMARTS) is 1. The molecule has 1 saturated carbocycles. The number of hydrogen-bond donors (Lipinski definition) is 2. The van der Waals surface area contributed by atoms with Crippen LogP contribution in [0, 0.1) is 40.4 Å². The maximum absolute atomic E-state index is 12.2. The predicted molar refractivity (Wildman–Crippen MR) is 67.8 cm³/mol. The van der Waals surface area contributed by atoms with Crippen molar-refractivity contribution >= 4 is 11.9 Å². The van der Waals surface area contributed by atoms with Crippen molar-refractivity contribution in [2.45, 2.75) is 20.3 Å². The summed E-state index contributed by atoms with van der Waals surface area (Å²) in [5, 5.41) is 20.9. The fourth-order valence-corrected chi connectivity index (χ4v) is 2.98. The van der Waals surface area contributed by atoms with Gasteiger partial charge in [-0.25, -0.2) is 0 Å². The van der Waals surface area contributed by atoms with Crippen LogP contribution in [-0.2, 0) is 9.59 Å². The van der Waals surface area contributed by atoms with Gasteiger partial charge in [-0.2, -0.15) is 5.26 Å². The number of fused-ring (bicyclic) bond motifs is 2. The molecule has 2 bridgehead atoms. The molecule has 1 amide bonds. The molecule has 5 heteroatoms. The SMILES string of the molecule is CC(C)(C#N)CNC(=O)[C@H]1C2C=CC(C2)[C@H]1C(=O)O. The molecule has 0 aromatic rings. The number of carboxylic acids is 1. The van der Waals surface area contributed by atoms with Crippen LogP contribution in [0.1, 0.15) is 20.3 Å². The maximum atomic E-state index is 12.2. The highest BCUT2D eigenvalue weighted by Gasteiger charge is 2.51. The number of nitrogens with zero attached hydrogens (tertiary/aromatic N) is 1. The summed E-state index contributed by atoms with van der Waals surface area (Å²) in [6, 6.07) is 2.11. The van der Waals surface area contributed by atoms with Gasteiger partial charge in [0.1, 0.15) is 0 Å². The molecule has 0 spiro atoms. The molecule has 0 aliphatic heterocycles. The van der Waals surface area contributed by atoms with Crippen LogP contribution in [0.5, 0.6) is 0 Å². The smallest absolute Gasteiger partial charge is 0.307 e. The second kappa shape index (κ2) is 4.69. The lowest BCUT2D eigenvalue weighted by molar-refractivity contribution is -0.147. The molecule has 4 atom stereocenters. The van der Waals surface area contributed by atoms with Crippen LogP contribution in [-0.4, -0.2) is 23.5 Å². The van der Waals surface area contributed by atoms with Gasteiger partial charge in [0.2, 0.25) is 5.91 Å². The van der Waals surface area contributed by atoms with Crippen molar-refractivity contribution in [2.75, 3.05) is 6.54 Å². The molecule has 0 radical (unpaired) electrons. The third kappa shape index (κ3) is 2.48. The Morgan fingerprint density at radius 3 is 2.47 bits per heavy atom. The van der Waals surface area contributed by atoms with E-state index in [1.165, 1.54) is 0 Å². The minimum Gasteiger partial charge on any atom is -0.481 e. The van der Waals surface area contributed by atoms with E-state index in [1.54, 1.807) is 13.8 Å². The lowest BCUT2D eigenvalue weighted by atomic mass is 9.82. The van der Waals surface area contributed by atoms with E-state index in [0.29, 0.717) is 0 Å². The summed E-state index contributed by atoms with van der Waals surface area (Å²) in [4.78, 5) is 23.5. The number of amides is 1. The van der Waals surface area contributed by atoms with Gasteiger partial charge in [-0.3, -0.25) is 9.59 Å². The Hall–Kier alpha value is -1.83. The fraction of sp³-hybridized carbons (Fsp3) is 0.643. The zero-order valence-electron chi connectivity index (χ0n) is 11.1. The largest absolute Gasteiger partial charge is 0.481 e. The van der Waals surface area contributed by atoms with Crippen LogP contribution >= 0.6 is 0 Å². The van der Waals surface area contributed by atoms with Gasteiger partial charge in [-0.05, 0) is 32.1 Å². The van der Waals surface area contributed by atoms with Crippen molar-refractivity contribution in [3.05, 3.63) is 12.2 Å². The van der Waals surface area contributed by atoms with E-state index in [4.69, 9.17) is 5.26 Å². The highest BCUT2D eigenvalue weighted by atomic mass is 16.4. The Bertz CT molecular complexity index is 476. The Balaban J connectivity index is 2.05. The van der Waals surface area contributed by atoms with E-state index in [-0.39, 0.29) is 24.3 Å². The van der Waals surface area contributed by atoms with Crippen molar-refractivity contribution < 1.29 is 14.7 Å². The lowest BCUT2D eigenvalue weighted by Crippen LogP contribution is -2.43. The van der Waals surface area contributed by atoms with Crippen molar-refractivity contribution in [3.63, 3.8) is 0 Å². The number of nitriles is 1. The number of carbonyl (C=O) groups excluding carboxylic acids is 1. The van der Waals surface area contributed by atoms with Crippen LogP contribution in [0.25, 0.3) is 0 Å². The molecule has 2 unspecified atom stereocenters. The molecule has 2 N–H and O–H groups in total. The molecule has 2 aliphatic carbocycles. The van der Waals surface area contributed by atoms with Crippen LogP contribution < -0.4 is 5.32 Å².